The molecule has 0 radical (unpaired) electrons. The van der Waals surface area contributed by atoms with E-state index in [1.165, 1.54) is 0 Å². The summed E-state index contributed by atoms with van der Waals surface area (Å²) in [7, 11) is 0. The maximum absolute atomic E-state index is 4.78. The van der Waals surface area contributed by atoms with E-state index < -0.39 is 0 Å². The Morgan fingerprint density at radius 3 is 2.83 bits per heavy atom. The summed E-state index contributed by atoms with van der Waals surface area (Å²) < 4.78 is 4.78. The lowest BCUT2D eigenvalue weighted by atomic mass is 10.8. The van der Waals surface area contributed by atoms with Crippen LogP contribution >= 0.6 is 0 Å². The first-order chi connectivity index (χ1) is 2.89. The van der Waals surface area contributed by atoms with E-state index in [1.807, 2.05) is 6.92 Å². The van der Waals surface area contributed by atoms with Crippen LogP contribution in [0.15, 0.2) is 16.9 Å². The second-order valence-corrected chi connectivity index (χ2v) is 1.12. The van der Waals surface area contributed by atoms with Gasteiger partial charge in [-0.1, -0.05) is 0 Å². The van der Waals surface area contributed by atoms with Gasteiger partial charge < -0.3 is 4.42 Å². The fourth-order valence-corrected chi connectivity index (χ4v) is 0.321. The van der Waals surface area contributed by atoms with E-state index >= 15 is 0 Å². The average molecular weight is 84.1 g/mol. The third kappa shape index (κ3) is 0.407. The molecule has 32 valence electrons. The fraction of sp³-hybridized carbons (Fsp3) is 0.250. The zero-order chi connectivity index (χ0) is 4.41. The lowest BCUT2D eigenvalue weighted by Gasteiger charge is -1.59. The summed E-state index contributed by atoms with van der Waals surface area (Å²) >= 11 is 0. The summed E-state index contributed by atoms with van der Waals surface area (Å²) in [5.41, 5.74) is 0. The van der Waals surface area contributed by atoms with Gasteiger partial charge in [-0.25, -0.2) is 0 Å². The van der Waals surface area contributed by atoms with Gasteiger partial charge in [0.15, 0.2) is 6.26 Å². The third-order valence-electron chi connectivity index (χ3n) is 0.599. The first-order valence-corrected chi connectivity index (χ1v) is 1.81. The van der Waals surface area contributed by atoms with Gasteiger partial charge in [-0.05, 0) is 0 Å². The molecule has 1 aromatic heterocycles. The van der Waals surface area contributed by atoms with Crippen molar-refractivity contribution in [2.75, 3.05) is 0 Å². The first-order valence-electron chi connectivity index (χ1n) is 1.81. The Morgan fingerprint density at radius 1 is 1.83 bits per heavy atom. The molecule has 2 heteroatoms. The van der Waals surface area contributed by atoms with Crippen LogP contribution in [0.2, 0.25) is 0 Å². The van der Waals surface area contributed by atoms with Gasteiger partial charge >= 0.3 is 5.89 Å². The highest BCUT2D eigenvalue weighted by Gasteiger charge is 1.87. The van der Waals surface area contributed by atoms with Gasteiger partial charge in [0.1, 0.15) is 0 Å². The van der Waals surface area contributed by atoms with E-state index in [0.717, 1.165) is 5.89 Å². The minimum Gasteiger partial charge on any atom is -0.410 e. The zero-order valence-corrected chi connectivity index (χ0v) is 3.56. The topological polar surface area (TPSA) is 27.3 Å². The highest BCUT2D eigenvalue weighted by atomic mass is 16.3. The van der Waals surface area contributed by atoms with Crippen molar-refractivity contribution in [1.82, 2.24) is 0 Å². The van der Waals surface area contributed by atoms with Crippen LogP contribution in [0.4, 0.5) is 0 Å². The van der Waals surface area contributed by atoms with Crippen molar-refractivity contribution < 1.29 is 9.40 Å². The summed E-state index contributed by atoms with van der Waals surface area (Å²) in [6, 6.07) is 0. The Labute approximate surface area is 35.8 Å². The van der Waals surface area contributed by atoms with E-state index in [4.69, 9.17) is 4.42 Å². The quantitative estimate of drug-likeness (QED) is 0.447. The molecule has 0 aliphatic carbocycles. The molecule has 0 bridgehead atoms. The number of oxazole rings is 1. The van der Waals surface area contributed by atoms with Crippen molar-refractivity contribution in [3.63, 3.8) is 0 Å². The van der Waals surface area contributed by atoms with Crippen LogP contribution in [-0.4, -0.2) is 0 Å². The van der Waals surface area contributed by atoms with E-state index in [-0.39, 0.29) is 0 Å². The van der Waals surface area contributed by atoms with Crippen molar-refractivity contribution in [2.24, 2.45) is 0 Å². The molecule has 0 saturated heterocycles. The van der Waals surface area contributed by atoms with Crippen molar-refractivity contribution in [1.29, 1.82) is 0 Å². The molecule has 0 aromatic carbocycles. The molecule has 1 rings (SSSR count). The molecule has 0 spiro atoms. The fourth-order valence-electron chi connectivity index (χ4n) is 0.321. The van der Waals surface area contributed by atoms with E-state index in [2.05, 4.69) is 4.98 Å². The zero-order valence-electron chi connectivity index (χ0n) is 3.56. The van der Waals surface area contributed by atoms with Gasteiger partial charge in [0.25, 0.3) is 0 Å². The Bertz CT molecular complexity index is 111. The Morgan fingerprint density at radius 2 is 2.67 bits per heavy atom. The molecule has 0 aliphatic heterocycles. The van der Waals surface area contributed by atoms with Crippen LogP contribution in [0.25, 0.3) is 0 Å². The number of aromatic nitrogens is 1. The molecule has 0 atom stereocenters. The van der Waals surface area contributed by atoms with Crippen LogP contribution in [0.1, 0.15) is 5.89 Å². The third-order valence-corrected chi connectivity index (χ3v) is 0.599. The smallest absolute Gasteiger partial charge is 0.341 e. The van der Waals surface area contributed by atoms with Gasteiger partial charge in [-0.3, -0.25) is 0 Å². The number of hydrogen-bond acceptors (Lipinski definition) is 1. The van der Waals surface area contributed by atoms with Gasteiger partial charge in [-0.2, -0.15) is 4.98 Å². The second-order valence-electron chi connectivity index (χ2n) is 1.12. The molecule has 1 N–H and O–H groups in total. The summed E-state index contributed by atoms with van der Waals surface area (Å²) in [5.74, 6) is 0.843. The Balaban J connectivity index is 3.05. The second kappa shape index (κ2) is 1.12. The number of nitrogens with one attached hydrogen (secondary N) is 1. The van der Waals surface area contributed by atoms with Crippen LogP contribution in [0.3, 0.4) is 0 Å². The number of hydrogen-bond donors (Lipinski definition) is 0. The molecule has 0 amide bonds. The number of aromatic amines is 1. The van der Waals surface area contributed by atoms with Crippen molar-refractivity contribution in [2.45, 2.75) is 6.92 Å². The molecule has 0 saturated carbocycles. The molecule has 1 heterocycles. The van der Waals surface area contributed by atoms with E-state index in [9.17, 15) is 0 Å². The highest BCUT2D eigenvalue weighted by molar-refractivity contribution is 4.57. The lowest BCUT2D eigenvalue weighted by molar-refractivity contribution is -0.394. The molecule has 1 aromatic rings. The average Bonchev–Trinajstić information content (AvgIpc) is 1.86. The van der Waals surface area contributed by atoms with Crippen LogP contribution < -0.4 is 4.98 Å². The van der Waals surface area contributed by atoms with Gasteiger partial charge in [0.05, 0.1) is 6.92 Å². The molecule has 0 unspecified atom stereocenters. The van der Waals surface area contributed by atoms with E-state index in [1.54, 1.807) is 12.5 Å². The van der Waals surface area contributed by atoms with Crippen molar-refractivity contribution in [3.8, 4) is 0 Å². The highest BCUT2D eigenvalue weighted by Crippen LogP contribution is 1.79. The van der Waals surface area contributed by atoms with Gasteiger partial charge in [0.2, 0.25) is 6.20 Å². The summed E-state index contributed by atoms with van der Waals surface area (Å²) in [6.45, 7) is 1.86. The Hall–Kier alpha value is -0.790. The predicted octanol–water partition coefficient (Wildman–Crippen LogP) is 0.402. The maximum Gasteiger partial charge on any atom is 0.341 e. The molecular weight excluding hydrogens is 78.0 g/mol. The minimum absolute atomic E-state index is 0.843. The molecule has 2 nitrogen and oxygen atoms in total. The maximum atomic E-state index is 4.78. The predicted molar refractivity (Wildman–Crippen MR) is 20.0 cm³/mol. The largest absolute Gasteiger partial charge is 0.410 e. The molecule has 0 aliphatic rings. The van der Waals surface area contributed by atoms with Crippen LogP contribution in [0, 0.1) is 6.92 Å². The first kappa shape index (κ1) is 3.40. The SMILES string of the molecule is Cc1[nH+]cco1. The molecule has 6 heavy (non-hydrogen) atoms. The van der Waals surface area contributed by atoms with Crippen molar-refractivity contribution >= 4 is 0 Å². The normalized spacial score (nSPS) is 8.83. The van der Waals surface area contributed by atoms with Crippen molar-refractivity contribution in [3.05, 3.63) is 18.4 Å². The van der Waals surface area contributed by atoms with Crippen LogP contribution in [0.5, 0.6) is 0 Å². The summed E-state index contributed by atoms with van der Waals surface area (Å²) in [5, 5.41) is 0. The van der Waals surface area contributed by atoms with E-state index in [0.29, 0.717) is 0 Å². The van der Waals surface area contributed by atoms with Crippen LogP contribution in [-0.2, 0) is 0 Å². The number of rotatable bonds is 0. The standard InChI is InChI=1S/C4H5NO/c1-4-5-2-3-6-4/h2-3H,1H3/p+1. The minimum atomic E-state index is 0.843. The Kier molecular flexibility index (Phi) is 0.638. The summed E-state index contributed by atoms with van der Waals surface area (Å²) in [4.78, 5) is 2.83. The number of H-pyrrole nitrogens is 1. The monoisotopic (exact) mass is 84.0 g/mol. The van der Waals surface area contributed by atoms with Gasteiger partial charge in [-0.15, -0.1) is 0 Å². The molecule has 0 fully saturated rings. The summed E-state index contributed by atoms with van der Waals surface area (Å²) in [6.07, 6.45) is 3.35. The lowest BCUT2D eigenvalue weighted by Crippen LogP contribution is -1.96. The van der Waals surface area contributed by atoms with Gasteiger partial charge in [0, 0.05) is 0 Å². The number of aryl methyl sites for hydroxylation is 1. The molecular formula is C4H6NO+.